The molecule has 0 aliphatic heterocycles. The molecule has 0 radical (unpaired) electrons. The van der Waals surface area contributed by atoms with Gasteiger partial charge < -0.3 is 11.5 Å². The molecule has 408 valence electrons. The highest BCUT2D eigenvalue weighted by atomic mass is 19.1. The van der Waals surface area contributed by atoms with Gasteiger partial charge in [0.2, 0.25) is 0 Å². The van der Waals surface area contributed by atoms with E-state index in [1.54, 1.807) is 57.1 Å². The zero-order valence-electron chi connectivity index (χ0n) is 42.5. The molecule has 12 aromatic rings. The maximum absolute atomic E-state index is 14.3. The fourth-order valence-corrected chi connectivity index (χ4v) is 9.35. The van der Waals surface area contributed by atoms with Crippen molar-refractivity contribution in [3.05, 3.63) is 178 Å². The number of hydrogen-bond acceptors (Lipinski definition) is 14. The molecule has 12 rings (SSSR count). The average molecular weight is 1090 g/mol. The van der Waals surface area contributed by atoms with Crippen LogP contribution in [-0.2, 0) is 0 Å². The molecule has 0 spiro atoms. The minimum Gasteiger partial charge on any atom is -0.383 e. The van der Waals surface area contributed by atoms with Gasteiger partial charge in [-0.1, -0.05) is 39.1 Å². The number of aromatic nitrogens is 16. The Bertz CT molecular complexity index is 4160. The van der Waals surface area contributed by atoms with Crippen LogP contribution < -0.4 is 22.6 Å². The summed E-state index contributed by atoms with van der Waals surface area (Å²) in [6.07, 6.45) is 11.9. The molecule has 0 fully saturated rings. The fraction of sp³-hybridized carbons (Fsp3) is 0.214. The SMILES string of the molecule is C.C.CC(C)n1cc(-c2nn([C@@H](C)c3nc4ccc(F)cn4c(=O)c3-c3cccc(F)c3)c3ncnc(N)c23)cn1.CC(C)n1cc(-c2nn([C@H](C)c3nc4ccc(F)cn4c(=O)c3-c3cccc(F)c3)c3ncnc(N)c23)cn1. The minimum absolute atomic E-state index is 0. The van der Waals surface area contributed by atoms with Gasteiger partial charge >= 0.3 is 0 Å². The first kappa shape index (κ1) is 54.8. The normalized spacial score (nSPS) is 12.2. The lowest BCUT2D eigenvalue weighted by Crippen LogP contribution is -2.23. The molecule has 10 heterocycles. The molecule has 4 N–H and O–H groups in total. The monoisotopic (exact) mass is 1090 g/mol. The first-order valence-electron chi connectivity index (χ1n) is 24.5. The molecular formula is C56H54F4N18O2. The summed E-state index contributed by atoms with van der Waals surface area (Å²) in [4.78, 5) is 54.1. The highest BCUT2D eigenvalue weighted by Gasteiger charge is 2.29. The van der Waals surface area contributed by atoms with Gasteiger partial charge in [-0.25, -0.2) is 56.8 Å². The summed E-state index contributed by atoms with van der Waals surface area (Å²) in [5.74, 6) is -1.78. The van der Waals surface area contributed by atoms with Gasteiger partial charge in [-0.3, -0.25) is 27.8 Å². The van der Waals surface area contributed by atoms with Gasteiger partial charge in [0.25, 0.3) is 11.1 Å². The van der Waals surface area contributed by atoms with E-state index in [1.807, 2.05) is 40.1 Å². The quantitative estimate of drug-likeness (QED) is 0.121. The molecule has 0 saturated heterocycles. The van der Waals surface area contributed by atoms with E-state index in [0.29, 0.717) is 67.1 Å². The van der Waals surface area contributed by atoms with Crippen molar-refractivity contribution in [2.45, 2.75) is 80.6 Å². The molecule has 0 aliphatic carbocycles. The van der Waals surface area contributed by atoms with E-state index in [4.69, 9.17) is 31.6 Å². The van der Waals surface area contributed by atoms with Crippen molar-refractivity contribution in [1.82, 2.24) is 77.8 Å². The Balaban J connectivity index is 0.000000189. The number of pyridine rings is 2. The number of halogens is 4. The Hall–Kier alpha value is -10.0. The number of nitrogens with two attached hydrogens (primary N) is 2. The largest absolute Gasteiger partial charge is 0.383 e. The molecule has 2 aromatic carbocycles. The second kappa shape index (κ2) is 21.4. The Labute approximate surface area is 453 Å². The maximum Gasteiger partial charge on any atom is 0.266 e. The summed E-state index contributed by atoms with van der Waals surface area (Å²) in [6, 6.07) is 15.5. The summed E-state index contributed by atoms with van der Waals surface area (Å²) < 4.78 is 65.7. The minimum atomic E-state index is -0.670. The predicted molar refractivity (Wildman–Crippen MR) is 297 cm³/mol. The lowest BCUT2D eigenvalue weighted by molar-refractivity contribution is 0.532. The van der Waals surface area contributed by atoms with Gasteiger partial charge in [0.15, 0.2) is 11.3 Å². The third-order valence-electron chi connectivity index (χ3n) is 13.2. The Morgan fingerprint density at radius 3 is 1.25 bits per heavy atom. The molecule has 0 saturated carbocycles. The van der Waals surface area contributed by atoms with Crippen LogP contribution in [0.4, 0.5) is 29.2 Å². The van der Waals surface area contributed by atoms with E-state index < -0.39 is 46.5 Å². The van der Waals surface area contributed by atoms with Gasteiger partial charge in [-0.05, 0) is 101 Å². The average Bonchev–Trinajstić information content (AvgIpc) is 4.26. The third-order valence-corrected chi connectivity index (χ3v) is 13.2. The second-order valence-corrected chi connectivity index (χ2v) is 19.0. The lowest BCUT2D eigenvalue weighted by Gasteiger charge is -2.18. The van der Waals surface area contributed by atoms with Crippen LogP contribution in [0.15, 0.2) is 132 Å². The number of nitrogen functional groups attached to an aromatic ring is 2. The second-order valence-electron chi connectivity index (χ2n) is 19.0. The van der Waals surface area contributed by atoms with Crippen LogP contribution >= 0.6 is 0 Å². The van der Waals surface area contributed by atoms with Crippen molar-refractivity contribution in [2.75, 3.05) is 11.5 Å². The van der Waals surface area contributed by atoms with Crippen LogP contribution in [0.25, 0.3) is 78.1 Å². The van der Waals surface area contributed by atoms with Crippen LogP contribution in [0, 0.1) is 23.3 Å². The van der Waals surface area contributed by atoms with E-state index >= 15 is 0 Å². The van der Waals surface area contributed by atoms with Gasteiger partial charge in [0, 0.05) is 48.0 Å². The van der Waals surface area contributed by atoms with Crippen LogP contribution in [0.3, 0.4) is 0 Å². The highest BCUT2D eigenvalue weighted by Crippen LogP contribution is 2.37. The van der Waals surface area contributed by atoms with Gasteiger partial charge in [0.05, 0.1) is 57.8 Å². The van der Waals surface area contributed by atoms with Crippen LogP contribution in [0.2, 0.25) is 0 Å². The number of rotatable bonds is 10. The molecular weight excluding hydrogens is 1030 g/mol. The number of hydrogen-bond donors (Lipinski definition) is 2. The predicted octanol–water partition coefficient (Wildman–Crippen LogP) is 10.1. The summed E-state index contributed by atoms with van der Waals surface area (Å²) in [5.41, 5.74) is 16.7. The summed E-state index contributed by atoms with van der Waals surface area (Å²) in [5, 5.41) is 19.6. The van der Waals surface area contributed by atoms with Crippen LogP contribution in [0.5, 0.6) is 0 Å². The zero-order valence-corrected chi connectivity index (χ0v) is 42.5. The molecule has 10 aromatic heterocycles. The zero-order chi connectivity index (χ0) is 54.8. The first-order valence-corrected chi connectivity index (χ1v) is 24.5. The summed E-state index contributed by atoms with van der Waals surface area (Å²) in [6.45, 7) is 11.6. The van der Waals surface area contributed by atoms with E-state index in [9.17, 15) is 27.2 Å². The van der Waals surface area contributed by atoms with E-state index in [-0.39, 0.29) is 61.0 Å². The van der Waals surface area contributed by atoms with Gasteiger partial charge in [-0.15, -0.1) is 0 Å². The first-order chi connectivity index (χ1) is 37.4. The van der Waals surface area contributed by atoms with Crippen molar-refractivity contribution in [3.8, 4) is 44.8 Å². The summed E-state index contributed by atoms with van der Waals surface area (Å²) in [7, 11) is 0. The highest BCUT2D eigenvalue weighted by molar-refractivity contribution is 5.99. The third kappa shape index (κ3) is 9.63. The number of fused-ring (bicyclic) bond motifs is 4. The number of anilines is 2. The standard InChI is InChI=1S/2C27H23F2N9O.2CH4/c2*1-14(2)37-11-17(10-33-37)24-22-25(30)31-13-32-26(22)38(35-24)15(3)23-21(16-5-4-6-18(28)9-16)27(39)36-12-19(29)7-8-20(36)34-23;;/h2*4-15H,1-3H3,(H2,30,31,32);2*1H4/t2*15-;;/m10../s1. The smallest absolute Gasteiger partial charge is 0.266 e. The molecule has 0 amide bonds. The molecule has 2 atom stereocenters. The number of benzene rings is 2. The summed E-state index contributed by atoms with van der Waals surface area (Å²) >= 11 is 0. The van der Waals surface area contributed by atoms with E-state index in [1.165, 1.54) is 73.3 Å². The van der Waals surface area contributed by atoms with Crippen molar-refractivity contribution >= 4 is 45.0 Å². The van der Waals surface area contributed by atoms with Crippen molar-refractivity contribution in [1.29, 1.82) is 0 Å². The maximum atomic E-state index is 14.3. The molecule has 20 nitrogen and oxygen atoms in total. The van der Waals surface area contributed by atoms with Gasteiger partial charge in [-0.2, -0.15) is 20.4 Å². The van der Waals surface area contributed by atoms with Crippen molar-refractivity contribution in [2.24, 2.45) is 0 Å². The van der Waals surface area contributed by atoms with E-state index in [2.05, 4.69) is 30.1 Å². The molecule has 0 aliphatic rings. The van der Waals surface area contributed by atoms with Crippen molar-refractivity contribution < 1.29 is 17.6 Å². The molecule has 24 heteroatoms. The Kier molecular flexibility index (Phi) is 14.7. The van der Waals surface area contributed by atoms with Gasteiger partial charge in [0.1, 0.15) is 70.2 Å². The molecule has 0 unspecified atom stereocenters. The topological polar surface area (TPSA) is 244 Å². The lowest BCUT2D eigenvalue weighted by atomic mass is 10.0. The fourth-order valence-electron chi connectivity index (χ4n) is 9.35. The van der Waals surface area contributed by atoms with Crippen LogP contribution in [-0.4, -0.2) is 77.8 Å². The van der Waals surface area contributed by atoms with E-state index in [0.717, 1.165) is 21.2 Å². The van der Waals surface area contributed by atoms with Crippen LogP contribution in [0.1, 0.15) is 92.0 Å². The molecule has 0 bridgehead atoms. The molecule has 80 heavy (non-hydrogen) atoms. The van der Waals surface area contributed by atoms with Crippen molar-refractivity contribution in [3.63, 3.8) is 0 Å². The Morgan fingerprint density at radius 1 is 0.487 bits per heavy atom. The number of nitrogens with zero attached hydrogens (tertiary/aromatic N) is 16. The Morgan fingerprint density at radius 2 is 0.887 bits per heavy atom.